The summed E-state index contributed by atoms with van der Waals surface area (Å²) in [6, 6.07) is 6.82. The van der Waals surface area contributed by atoms with Gasteiger partial charge in [-0.15, -0.1) is 0 Å². The molecule has 0 radical (unpaired) electrons. The Hall–Kier alpha value is -2.37. The van der Waals surface area contributed by atoms with Gasteiger partial charge in [0.2, 0.25) is 11.8 Å². The molecule has 1 aliphatic carbocycles. The lowest BCUT2D eigenvalue weighted by Crippen LogP contribution is -2.42. The van der Waals surface area contributed by atoms with Crippen molar-refractivity contribution in [3.05, 3.63) is 29.8 Å². The highest BCUT2D eigenvalue weighted by Gasteiger charge is 2.82. The molecule has 25 heavy (non-hydrogen) atoms. The Balaban J connectivity index is 1.85. The molecule has 134 valence electrons. The van der Waals surface area contributed by atoms with Crippen LogP contribution < -0.4 is 5.73 Å². The minimum Gasteiger partial charge on any atom is -0.468 e. The molecule has 0 bridgehead atoms. The van der Waals surface area contributed by atoms with Crippen LogP contribution in [0.5, 0.6) is 0 Å². The van der Waals surface area contributed by atoms with Gasteiger partial charge in [0, 0.05) is 12.2 Å². The van der Waals surface area contributed by atoms with Crippen LogP contribution in [0.4, 0.5) is 5.69 Å². The first-order chi connectivity index (χ1) is 12.0. The monoisotopic (exact) mass is 344 g/mol. The van der Waals surface area contributed by atoms with Crippen molar-refractivity contribution in [3.63, 3.8) is 0 Å². The fourth-order valence-corrected chi connectivity index (χ4v) is 4.12. The topological polar surface area (TPSA) is 89.7 Å². The zero-order chi connectivity index (χ0) is 18.2. The second-order valence-electron chi connectivity index (χ2n) is 6.83. The van der Waals surface area contributed by atoms with Gasteiger partial charge in [0.1, 0.15) is 5.41 Å². The number of fused-ring (bicyclic) bond motifs is 1. The fraction of sp³-hybridized carbons (Fsp3) is 0.526. The minimum atomic E-state index is -1.21. The summed E-state index contributed by atoms with van der Waals surface area (Å²) in [6.45, 7) is 2.54. The number of methoxy groups -OCH3 is 1. The number of rotatable bonds is 7. The fourth-order valence-electron chi connectivity index (χ4n) is 4.12. The van der Waals surface area contributed by atoms with Crippen LogP contribution in [0.1, 0.15) is 38.2 Å². The van der Waals surface area contributed by atoms with E-state index in [2.05, 4.69) is 6.92 Å². The summed E-state index contributed by atoms with van der Waals surface area (Å²) in [6.07, 6.45) is 3.96. The van der Waals surface area contributed by atoms with Crippen LogP contribution in [0.25, 0.3) is 0 Å². The molecule has 2 N–H and O–H groups in total. The third-order valence-corrected chi connectivity index (χ3v) is 5.39. The van der Waals surface area contributed by atoms with Gasteiger partial charge in [-0.05, 0) is 24.1 Å². The third kappa shape index (κ3) is 2.51. The van der Waals surface area contributed by atoms with Gasteiger partial charge in [-0.2, -0.15) is 0 Å². The van der Waals surface area contributed by atoms with Crippen molar-refractivity contribution in [2.75, 3.05) is 19.4 Å². The molecule has 1 aliphatic heterocycles. The molecule has 2 unspecified atom stereocenters. The molecule has 2 atom stereocenters. The van der Waals surface area contributed by atoms with Gasteiger partial charge in [0.15, 0.2) is 0 Å². The van der Waals surface area contributed by atoms with Crippen molar-refractivity contribution in [2.24, 2.45) is 11.8 Å². The average molecular weight is 344 g/mol. The number of likely N-dealkylation sites (tertiary alicyclic amines) is 1. The minimum absolute atomic E-state index is 0.265. The summed E-state index contributed by atoms with van der Waals surface area (Å²) >= 11 is 0. The van der Waals surface area contributed by atoms with Crippen LogP contribution in [0.15, 0.2) is 24.3 Å². The van der Waals surface area contributed by atoms with E-state index in [4.69, 9.17) is 10.5 Å². The molecule has 1 saturated carbocycles. The molecular formula is C19H24N2O4. The first-order valence-electron chi connectivity index (χ1n) is 8.79. The van der Waals surface area contributed by atoms with Crippen molar-refractivity contribution in [1.82, 2.24) is 4.90 Å². The molecule has 6 heteroatoms. The number of unbranched alkanes of at least 4 members (excludes halogenated alkanes) is 3. The lowest BCUT2D eigenvalue weighted by Gasteiger charge is -2.24. The predicted molar refractivity (Wildman–Crippen MR) is 92.4 cm³/mol. The van der Waals surface area contributed by atoms with Crippen molar-refractivity contribution >= 4 is 23.5 Å². The van der Waals surface area contributed by atoms with E-state index < -0.39 is 23.2 Å². The van der Waals surface area contributed by atoms with E-state index in [0.717, 1.165) is 25.7 Å². The number of anilines is 1. The molecule has 1 heterocycles. The number of benzene rings is 1. The van der Waals surface area contributed by atoms with Gasteiger partial charge in [0.05, 0.1) is 18.9 Å². The maximum absolute atomic E-state index is 12.8. The number of hydrogen-bond donors (Lipinski definition) is 1. The average Bonchev–Trinajstić information content (AvgIpc) is 3.24. The van der Waals surface area contributed by atoms with Crippen molar-refractivity contribution in [1.29, 1.82) is 0 Å². The van der Waals surface area contributed by atoms with Crippen molar-refractivity contribution in [3.8, 4) is 0 Å². The Labute approximate surface area is 147 Å². The number of nitrogens with two attached hydrogens (primary N) is 1. The quantitative estimate of drug-likeness (QED) is 0.353. The molecular weight excluding hydrogens is 320 g/mol. The van der Waals surface area contributed by atoms with Crippen LogP contribution in [-0.2, 0) is 24.5 Å². The summed E-state index contributed by atoms with van der Waals surface area (Å²) < 4.78 is 4.95. The van der Waals surface area contributed by atoms with Crippen molar-refractivity contribution in [2.45, 2.75) is 38.0 Å². The Morgan fingerprint density at radius 1 is 1.20 bits per heavy atom. The number of imide groups is 1. The normalized spacial score (nSPS) is 27.4. The highest BCUT2D eigenvalue weighted by Crippen LogP contribution is 2.65. The van der Waals surface area contributed by atoms with Gasteiger partial charge < -0.3 is 10.5 Å². The molecule has 2 amide bonds. The molecule has 0 aromatic heterocycles. The maximum Gasteiger partial charge on any atom is 0.317 e. The highest BCUT2D eigenvalue weighted by atomic mass is 16.5. The Bertz CT molecular complexity index is 693. The van der Waals surface area contributed by atoms with Crippen LogP contribution >= 0.6 is 0 Å². The number of carbonyl (C=O) groups excluding carboxylic acids is 3. The van der Waals surface area contributed by atoms with E-state index in [-0.39, 0.29) is 11.8 Å². The molecule has 2 fully saturated rings. The first-order valence-corrected chi connectivity index (χ1v) is 8.79. The number of nitrogens with zero attached hydrogens (tertiary/aromatic N) is 1. The summed E-state index contributed by atoms with van der Waals surface area (Å²) in [4.78, 5) is 39.4. The Kier molecular flexibility index (Phi) is 4.54. The molecule has 0 spiro atoms. The Morgan fingerprint density at radius 3 is 2.44 bits per heavy atom. The maximum atomic E-state index is 12.8. The second-order valence-corrected chi connectivity index (χ2v) is 6.83. The molecule has 3 rings (SSSR count). The zero-order valence-corrected chi connectivity index (χ0v) is 14.7. The lowest BCUT2D eigenvalue weighted by molar-refractivity contribution is -0.152. The summed E-state index contributed by atoms with van der Waals surface area (Å²) in [7, 11) is 1.28. The van der Waals surface area contributed by atoms with E-state index >= 15 is 0 Å². The summed E-state index contributed by atoms with van der Waals surface area (Å²) in [5.41, 5.74) is 5.70. The third-order valence-electron chi connectivity index (χ3n) is 5.39. The number of hydrogen-bond acceptors (Lipinski definition) is 5. The molecule has 2 aliphatic rings. The first kappa shape index (κ1) is 17.5. The molecule has 6 nitrogen and oxygen atoms in total. The van der Waals surface area contributed by atoms with Crippen LogP contribution in [0.3, 0.4) is 0 Å². The predicted octanol–water partition coefficient (Wildman–Crippen LogP) is 1.87. The number of piperidine rings is 1. The number of nitrogen functional groups attached to an aromatic ring is 1. The Morgan fingerprint density at radius 2 is 1.88 bits per heavy atom. The number of carbonyl (C=O) groups is 3. The summed E-state index contributed by atoms with van der Waals surface area (Å²) in [5, 5.41) is 0. The van der Waals surface area contributed by atoms with Crippen LogP contribution in [0, 0.1) is 11.8 Å². The van der Waals surface area contributed by atoms with Crippen LogP contribution in [0.2, 0.25) is 0 Å². The van der Waals surface area contributed by atoms with E-state index in [1.165, 1.54) is 12.0 Å². The molecule has 1 aromatic rings. The van der Waals surface area contributed by atoms with Gasteiger partial charge in [-0.3, -0.25) is 19.3 Å². The molecule has 1 saturated heterocycles. The highest BCUT2D eigenvalue weighted by molar-refractivity contribution is 6.18. The van der Waals surface area contributed by atoms with Gasteiger partial charge in [-0.25, -0.2) is 0 Å². The second kappa shape index (κ2) is 6.50. The molecule has 1 aromatic carbocycles. The van der Waals surface area contributed by atoms with Gasteiger partial charge >= 0.3 is 5.97 Å². The van der Waals surface area contributed by atoms with E-state index in [1.807, 2.05) is 0 Å². The van der Waals surface area contributed by atoms with E-state index in [1.54, 1.807) is 24.3 Å². The van der Waals surface area contributed by atoms with E-state index in [9.17, 15) is 14.4 Å². The standard InChI is InChI=1S/C19H24N2O4/c1-3-4-5-6-10-21-16(22)14-15(17(21)23)19(14,18(24)25-2)12-8-7-9-13(20)11-12/h7-9,11,14-15H,3-6,10,20H2,1-2H3. The zero-order valence-electron chi connectivity index (χ0n) is 14.7. The largest absolute Gasteiger partial charge is 0.468 e. The smallest absolute Gasteiger partial charge is 0.317 e. The van der Waals surface area contributed by atoms with Crippen LogP contribution in [-0.4, -0.2) is 36.3 Å². The number of esters is 1. The number of amides is 2. The SMILES string of the molecule is CCCCCCN1C(=O)C2C(C1=O)C2(C(=O)OC)c1cccc(N)c1. The summed E-state index contributed by atoms with van der Waals surface area (Å²) in [5.74, 6) is -2.40. The van der Waals surface area contributed by atoms with Crippen molar-refractivity contribution < 1.29 is 19.1 Å². The van der Waals surface area contributed by atoms with Gasteiger partial charge in [0.25, 0.3) is 0 Å². The number of ether oxygens (including phenoxy) is 1. The van der Waals surface area contributed by atoms with E-state index in [0.29, 0.717) is 17.8 Å². The van der Waals surface area contributed by atoms with Gasteiger partial charge in [-0.1, -0.05) is 38.3 Å². The lowest BCUT2D eigenvalue weighted by atomic mass is 9.89.